The molecule has 1 fully saturated rings. The number of aromatic nitrogens is 2. The summed E-state index contributed by atoms with van der Waals surface area (Å²) in [5, 5.41) is 0. The van der Waals surface area contributed by atoms with Crippen LogP contribution in [0.2, 0.25) is 0 Å². The van der Waals surface area contributed by atoms with Gasteiger partial charge < -0.3 is 9.80 Å². The zero-order valence-electron chi connectivity index (χ0n) is 17.5. The van der Waals surface area contributed by atoms with Crippen molar-refractivity contribution in [1.82, 2.24) is 14.9 Å². The van der Waals surface area contributed by atoms with Gasteiger partial charge in [-0.1, -0.05) is 39.7 Å². The number of amides is 1. The van der Waals surface area contributed by atoms with Crippen LogP contribution in [-0.2, 0) is 0 Å². The molecule has 4 rings (SSSR count). The summed E-state index contributed by atoms with van der Waals surface area (Å²) in [6.07, 6.45) is 0. The summed E-state index contributed by atoms with van der Waals surface area (Å²) in [6.45, 7) is 9.05. The van der Waals surface area contributed by atoms with E-state index in [-0.39, 0.29) is 5.91 Å². The normalized spacial score (nSPS) is 14.1. The quantitative estimate of drug-likeness (QED) is 0.558. The van der Waals surface area contributed by atoms with E-state index in [4.69, 9.17) is 9.97 Å². The van der Waals surface area contributed by atoms with Crippen LogP contribution < -0.4 is 4.90 Å². The van der Waals surface area contributed by atoms with Gasteiger partial charge in [0.05, 0.1) is 0 Å². The maximum absolute atomic E-state index is 12.8. The van der Waals surface area contributed by atoms with Crippen LogP contribution in [0.25, 0.3) is 11.4 Å². The fraction of sp³-hybridized carbons (Fsp3) is 0.292. The second-order valence-electron chi connectivity index (χ2n) is 7.74. The number of carbonyl (C=O) groups is 1. The Morgan fingerprint density at radius 3 is 2.30 bits per heavy atom. The summed E-state index contributed by atoms with van der Waals surface area (Å²) in [7, 11) is 0. The van der Waals surface area contributed by atoms with E-state index < -0.39 is 0 Å². The van der Waals surface area contributed by atoms with Gasteiger partial charge in [0, 0.05) is 53.0 Å². The number of nitrogens with zero attached hydrogens (tertiary/aromatic N) is 4. The number of piperazine rings is 1. The predicted octanol–water partition coefficient (Wildman–Crippen LogP) is 4.79. The Labute approximate surface area is 185 Å². The van der Waals surface area contributed by atoms with E-state index in [0.29, 0.717) is 13.1 Å². The molecule has 154 valence electrons. The first kappa shape index (κ1) is 20.5. The van der Waals surface area contributed by atoms with Crippen LogP contribution in [-0.4, -0.2) is 47.0 Å². The molecule has 0 saturated carbocycles. The van der Waals surface area contributed by atoms with Crippen LogP contribution in [0.15, 0.2) is 53.0 Å². The van der Waals surface area contributed by atoms with Crippen LogP contribution in [0.5, 0.6) is 0 Å². The van der Waals surface area contributed by atoms with Gasteiger partial charge in [0.15, 0.2) is 5.82 Å². The molecule has 5 nitrogen and oxygen atoms in total. The van der Waals surface area contributed by atoms with E-state index in [1.165, 1.54) is 5.56 Å². The summed E-state index contributed by atoms with van der Waals surface area (Å²) in [5.74, 6) is 1.80. The smallest absolute Gasteiger partial charge is 0.253 e. The lowest BCUT2D eigenvalue weighted by atomic mass is 10.1. The lowest BCUT2D eigenvalue weighted by molar-refractivity contribution is 0.0746. The van der Waals surface area contributed by atoms with Crippen LogP contribution >= 0.6 is 15.9 Å². The maximum atomic E-state index is 12.8. The molecule has 6 heteroatoms. The second-order valence-corrected chi connectivity index (χ2v) is 8.65. The van der Waals surface area contributed by atoms with Crippen LogP contribution in [0.3, 0.4) is 0 Å². The summed E-state index contributed by atoms with van der Waals surface area (Å²) >= 11 is 3.42. The first-order chi connectivity index (χ1) is 14.4. The van der Waals surface area contributed by atoms with E-state index in [1.54, 1.807) is 0 Å². The molecular weight excluding hydrogens is 440 g/mol. The zero-order chi connectivity index (χ0) is 21.3. The number of carbonyl (C=O) groups excluding carboxylic acids is 1. The zero-order valence-corrected chi connectivity index (χ0v) is 19.1. The molecule has 3 aromatic rings. The van der Waals surface area contributed by atoms with Crippen LogP contribution in [0, 0.1) is 20.8 Å². The average Bonchev–Trinajstić information content (AvgIpc) is 2.76. The second kappa shape index (κ2) is 8.56. The Hall–Kier alpha value is -2.73. The van der Waals surface area contributed by atoms with Gasteiger partial charge in [-0.05, 0) is 51.1 Å². The highest BCUT2D eigenvalue weighted by Crippen LogP contribution is 2.26. The van der Waals surface area contributed by atoms with E-state index >= 15 is 0 Å². The van der Waals surface area contributed by atoms with Crippen molar-refractivity contribution in [1.29, 1.82) is 0 Å². The van der Waals surface area contributed by atoms with Crippen molar-refractivity contribution in [3.63, 3.8) is 0 Å². The highest BCUT2D eigenvalue weighted by atomic mass is 79.9. The SMILES string of the molecule is Cc1cccc(-c2nc(C)c(C)c(N3CCN(C(=O)c4ccc(Br)cc4)CC3)n2)c1. The summed E-state index contributed by atoms with van der Waals surface area (Å²) < 4.78 is 0.975. The molecule has 1 aliphatic heterocycles. The Balaban J connectivity index is 1.53. The third-order valence-electron chi connectivity index (χ3n) is 5.60. The highest BCUT2D eigenvalue weighted by Gasteiger charge is 2.25. The number of halogens is 1. The fourth-order valence-electron chi connectivity index (χ4n) is 3.73. The Bertz CT molecular complexity index is 1070. The highest BCUT2D eigenvalue weighted by molar-refractivity contribution is 9.10. The Morgan fingerprint density at radius 2 is 1.63 bits per heavy atom. The molecule has 1 aromatic heterocycles. The lowest BCUT2D eigenvalue weighted by Crippen LogP contribution is -2.49. The molecule has 2 aromatic carbocycles. The number of aryl methyl sites for hydroxylation is 2. The van der Waals surface area contributed by atoms with Gasteiger partial charge in [-0.2, -0.15) is 0 Å². The minimum Gasteiger partial charge on any atom is -0.353 e. The van der Waals surface area contributed by atoms with Gasteiger partial charge in [-0.3, -0.25) is 4.79 Å². The molecule has 1 amide bonds. The van der Waals surface area contributed by atoms with Crippen molar-refractivity contribution in [2.45, 2.75) is 20.8 Å². The van der Waals surface area contributed by atoms with Gasteiger partial charge in [0.25, 0.3) is 5.91 Å². The number of rotatable bonds is 3. The molecule has 1 saturated heterocycles. The fourth-order valence-corrected chi connectivity index (χ4v) is 4.00. The van der Waals surface area contributed by atoms with Crippen molar-refractivity contribution < 1.29 is 4.79 Å². The third kappa shape index (κ3) is 4.24. The standard InChI is InChI=1S/C24H25BrN4O/c1-16-5-4-6-20(15-16)22-26-18(3)17(2)23(27-22)28-11-13-29(14-12-28)24(30)19-7-9-21(25)10-8-19/h4-10,15H,11-14H2,1-3H3. The lowest BCUT2D eigenvalue weighted by Gasteiger charge is -2.36. The van der Waals surface area contributed by atoms with Crippen molar-refractivity contribution in [3.05, 3.63) is 75.4 Å². The minimum atomic E-state index is 0.0817. The number of hydrogen-bond donors (Lipinski definition) is 0. The van der Waals surface area contributed by atoms with E-state index in [9.17, 15) is 4.79 Å². The Kier molecular flexibility index (Phi) is 5.86. The van der Waals surface area contributed by atoms with Gasteiger partial charge in [-0.25, -0.2) is 9.97 Å². The van der Waals surface area contributed by atoms with Gasteiger partial charge in [-0.15, -0.1) is 0 Å². The first-order valence-corrected chi connectivity index (χ1v) is 10.9. The van der Waals surface area contributed by atoms with Crippen LogP contribution in [0.4, 0.5) is 5.82 Å². The molecule has 0 radical (unpaired) electrons. The molecular formula is C24H25BrN4O. The monoisotopic (exact) mass is 464 g/mol. The molecule has 0 spiro atoms. The summed E-state index contributed by atoms with van der Waals surface area (Å²) in [6, 6.07) is 15.8. The average molecular weight is 465 g/mol. The van der Waals surface area contributed by atoms with Gasteiger partial charge in [0.2, 0.25) is 0 Å². The number of anilines is 1. The molecule has 30 heavy (non-hydrogen) atoms. The van der Waals surface area contributed by atoms with Gasteiger partial charge in [0.1, 0.15) is 5.82 Å². The summed E-state index contributed by atoms with van der Waals surface area (Å²) in [4.78, 5) is 26.6. The summed E-state index contributed by atoms with van der Waals surface area (Å²) in [5.41, 5.74) is 5.03. The number of benzene rings is 2. The van der Waals surface area contributed by atoms with E-state index in [1.807, 2.05) is 42.2 Å². The van der Waals surface area contributed by atoms with Crippen molar-refractivity contribution >= 4 is 27.7 Å². The Morgan fingerprint density at radius 1 is 0.933 bits per heavy atom. The minimum absolute atomic E-state index is 0.0817. The maximum Gasteiger partial charge on any atom is 0.253 e. The van der Waals surface area contributed by atoms with Gasteiger partial charge >= 0.3 is 0 Å². The molecule has 2 heterocycles. The molecule has 0 atom stereocenters. The molecule has 0 aliphatic carbocycles. The van der Waals surface area contributed by atoms with Crippen molar-refractivity contribution in [3.8, 4) is 11.4 Å². The van der Waals surface area contributed by atoms with E-state index in [0.717, 1.165) is 51.6 Å². The predicted molar refractivity (Wildman–Crippen MR) is 124 cm³/mol. The molecule has 1 aliphatic rings. The topological polar surface area (TPSA) is 49.3 Å². The van der Waals surface area contributed by atoms with E-state index in [2.05, 4.69) is 52.9 Å². The third-order valence-corrected chi connectivity index (χ3v) is 6.13. The molecule has 0 N–H and O–H groups in total. The largest absolute Gasteiger partial charge is 0.353 e. The van der Waals surface area contributed by atoms with Crippen LogP contribution in [0.1, 0.15) is 27.2 Å². The number of hydrogen-bond acceptors (Lipinski definition) is 4. The molecule has 0 bridgehead atoms. The van der Waals surface area contributed by atoms with Crippen molar-refractivity contribution in [2.75, 3.05) is 31.1 Å². The van der Waals surface area contributed by atoms with Crippen molar-refractivity contribution in [2.24, 2.45) is 0 Å². The first-order valence-electron chi connectivity index (χ1n) is 10.1. The molecule has 0 unspecified atom stereocenters.